The number of nitrogens with zero attached hydrogens (tertiary/aromatic N) is 3. The van der Waals surface area contributed by atoms with Gasteiger partial charge in [0.2, 0.25) is 0 Å². The highest BCUT2D eigenvalue weighted by atomic mass is 32.2. The average molecular weight is 240 g/mol. The second-order valence-corrected chi connectivity index (χ2v) is 3.89. The van der Waals surface area contributed by atoms with Crippen LogP contribution in [0.3, 0.4) is 0 Å². The minimum absolute atomic E-state index is 0.105. The van der Waals surface area contributed by atoms with Gasteiger partial charge in [-0.25, -0.2) is 0 Å². The van der Waals surface area contributed by atoms with Crippen LogP contribution in [0.2, 0.25) is 0 Å². The van der Waals surface area contributed by atoms with Crippen molar-refractivity contribution < 1.29 is 14.3 Å². The highest BCUT2D eigenvalue weighted by Crippen LogP contribution is 2.23. The van der Waals surface area contributed by atoms with Crippen LogP contribution in [0.15, 0.2) is 15.8 Å². The van der Waals surface area contributed by atoms with Crippen LogP contribution < -0.4 is 0 Å². The van der Waals surface area contributed by atoms with E-state index in [4.69, 9.17) is 9.52 Å². The van der Waals surface area contributed by atoms with Crippen molar-refractivity contribution in [2.24, 2.45) is 0 Å². The standard InChI is InChI=1S/C8H8N4O3S/c1-4-5(2-9-10-4)7-11-12-8(15-7)16-3-6(13)14/h2H,3H2,1H3,(H,9,10)(H,13,14). The van der Waals surface area contributed by atoms with E-state index in [1.165, 1.54) is 0 Å². The van der Waals surface area contributed by atoms with Crippen molar-refractivity contribution in [1.29, 1.82) is 0 Å². The van der Waals surface area contributed by atoms with Gasteiger partial charge in [0.25, 0.3) is 11.1 Å². The lowest BCUT2D eigenvalue weighted by Gasteiger charge is -1.90. The maximum absolute atomic E-state index is 10.3. The third-order valence-electron chi connectivity index (χ3n) is 1.79. The van der Waals surface area contributed by atoms with E-state index in [-0.39, 0.29) is 11.0 Å². The normalized spacial score (nSPS) is 10.6. The fourth-order valence-corrected chi connectivity index (χ4v) is 1.55. The van der Waals surface area contributed by atoms with Crippen molar-refractivity contribution in [3.63, 3.8) is 0 Å². The highest BCUT2D eigenvalue weighted by Gasteiger charge is 2.13. The second-order valence-electron chi connectivity index (χ2n) is 2.96. The zero-order valence-corrected chi connectivity index (χ0v) is 9.11. The van der Waals surface area contributed by atoms with Gasteiger partial charge in [0.15, 0.2) is 0 Å². The van der Waals surface area contributed by atoms with Gasteiger partial charge in [0, 0.05) is 5.69 Å². The first-order valence-electron chi connectivity index (χ1n) is 4.35. The molecule has 16 heavy (non-hydrogen) atoms. The third kappa shape index (κ3) is 2.22. The van der Waals surface area contributed by atoms with E-state index in [0.717, 1.165) is 23.0 Å². The zero-order valence-electron chi connectivity index (χ0n) is 8.30. The molecular formula is C8H8N4O3S. The van der Waals surface area contributed by atoms with Gasteiger partial charge in [-0.1, -0.05) is 11.8 Å². The third-order valence-corrected chi connectivity index (χ3v) is 2.59. The molecule has 0 unspecified atom stereocenters. The van der Waals surface area contributed by atoms with Crippen molar-refractivity contribution in [1.82, 2.24) is 20.4 Å². The molecule has 0 aliphatic carbocycles. The Hall–Kier alpha value is -1.83. The molecular weight excluding hydrogens is 232 g/mol. The van der Waals surface area contributed by atoms with E-state index in [1.54, 1.807) is 6.20 Å². The van der Waals surface area contributed by atoms with E-state index < -0.39 is 5.97 Å². The summed E-state index contributed by atoms with van der Waals surface area (Å²) < 4.78 is 5.28. The lowest BCUT2D eigenvalue weighted by molar-refractivity contribution is -0.133. The van der Waals surface area contributed by atoms with E-state index in [2.05, 4.69) is 20.4 Å². The summed E-state index contributed by atoms with van der Waals surface area (Å²) in [6.45, 7) is 1.83. The van der Waals surface area contributed by atoms with E-state index in [1.807, 2.05) is 6.92 Å². The highest BCUT2D eigenvalue weighted by molar-refractivity contribution is 7.99. The minimum Gasteiger partial charge on any atom is -0.481 e. The number of aliphatic carboxylic acids is 1. The van der Waals surface area contributed by atoms with Gasteiger partial charge in [-0.2, -0.15) is 5.10 Å². The van der Waals surface area contributed by atoms with Gasteiger partial charge in [0.1, 0.15) is 5.75 Å². The van der Waals surface area contributed by atoms with Gasteiger partial charge in [-0.3, -0.25) is 9.89 Å². The molecule has 0 saturated carbocycles. The van der Waals surface area contributed by atoms with Gasteiger partial charge in [-0.15, -0.1) is 10.2 Å². The summed E-state index contributed by atoms with van der Waals surface area (Å²) in [6, 6.07) is 0. The van der Waals surface area contributed by atoms with Crippen LogP contribution in [0.5, 0.6) is 0 Å². The number of H-pyrrole nitrogens is 1. The fraction of sp³-hybridized carbons (Fsp3) is 0.250. The summed E-state index contributed by atoms with van der Waals surface area (Å²) in [5.41, 5.74) is 1.54. The number of rotatable bonds is 4. The van der Waals surface area contributed by atoms with Crippen LogP contribution in [-0.4, -0.2) is 37.2 Å². The number of aryl methyl sites for hydroxylation is 1. The summed E-state index contributed by atoms with van der Waals surface area (Å²) in [7, 11) is 0. The first-order valence-corrected chi connectivity index (χ1v) is 5.34. The second kappa shape index (κ2) is 4.35. The molecule has 0 aromatic carbocycles. The number of aromatic amines is 1. The molecule has 0 radical (unpaired) electrons. The lowest BCUT2D eigenvalue weighted by atomic mass is 10.3. The molecule has 7 nitrogen and oxygen atoms in total. The Morgan fingerprint density at radius 3 is 3.06 bits per heavy atom. The average Bonchev–Trinajstić information content (AvgIpc) is 2.83. The van der Waals surface area contributed by atoms with Crippen LogP contribution in [0.1, 0.15) is 5.69 Å². The molecule has 0 fully saturated rings. The monoisotopic (exact) mass is 240 g/mol. The van der Waals surface area contributed by atoms with Crippen LogP contribution in [0.25, 0.3) is 11.5 Å². The fourth-order valence-electron chi connectivity index (χ4n) is 1.07. The number of hydrogen-bond acceptors (Lipinski definition) is 6. The summed E-state index contributed by atoms with van der Waals surface area (Å²) in [6.07, 6.45) is 1.58. The Labute approximate surface area is 94.3 Å². The first-order chi connectivity index (χ1) is 7.66. The number of carbonyl (C=O) groups is 1. The quantitative estimate of drug-likeness (QED) is 0.766. The number of carboxylic acid groups (broad SMARTS) is 1. The van der Waals surface area contributed by atoms with Crippen LogP contribution in [0, 0.1) is 6.92 Å². The topological polar surface area (TPSA) is 105 Å². The molecule has 0 aliphatic heterocycles. The van der Waals surface area contributed by atoms with Crippen molar-refractivity contribution in [2.45, 2.75) is 12.1 Å². The molecule has 2 N–H and O–H groups in total. The van der Waals surface area contributed by atoms with Crippen molar-refractivity contribution in [3.05, 3.63) is 11.9 Å². The molecule has 8 heteroatoms. The van der Waals surface area contributed by atoms with Gasteiger partial charge in [0.05, 0.1) is 11.8 Å². The van der Waals surface area contributed by atoms with E-state index >= 15 is 0 Å². The predicted molar refractivity (Wildman–Crippen MR) is 55.0 cm³/mol. The van der Waals surface area contributed by atoms with Crippen molar-refractivity contribution in [3.8, 4) is 11.5 Å². The van der Waals surface area contributed by atoms with Crippen molar-refractivity contribution in [2.75, 3.05) is 5.75 Å². The first kappa shape index (κ1) is 10.7. The predicted octanol–water partition coefficient (Wildman–Crippen LogP) is 0.945. The van der Waals surface area contributed by atoms with Gasteiger partial charge >= 0.3 is 5.97 Å². The molecule has 2 aromatic rings. The molecule has 2 aromatic heterocycles. The lowest BCUT2D eigenvalue weighted by Crippen LogP contribution is -1.97. The van der Waals surface area contributed by atoms with Crippen molar-refractivity contribution >= 4 is 17.7 Å². The maximum Gasteiger partial charge on any atom is 0.314 e. The Bertz CT molecular complexity index is 507. The molecule has 2 heterocycles. The Kier molecular flexibility index (Phi) is 2.91. The molecule has 84 valence electrons. The molecule has 0 saturated heterocycles. The smallest absolute Gasteiger partial charge is 0.314 e. The Balaban J connectivity index is 2.14. The van der Waals surface area contributed by atoms with E-state index in [0.29, 0.717) is 5.89 Å². The zero-order chi connectivity index (χ0) is 11.5. The van der Waals surface area contributed by atoms with E-state index in [9.17, 15) is 4.79 Å². The van der Waals surface area contributed by atoms with Gasteiger partial charge in [-0.05, 0) is 6.92 Å². The molecule has 0 bridgehead atoms. The largest absolute Gasteiger partial charge is 0.481 e. The summed E-state index contributed by atoms with van der Waals surface area (Å²) in [5, 5.41) is 22.8. The minimum atomic E-state index is -0.927. The summed E-state index contributed by atoms with van der Waals surface area (Å²) >= 11 is 0.982. The number of hydrogen-bond donors (Lipinski definition) is 2. The number of aromatic nitrogens is 4. The summed E-state index contributed by atoms with van der Waals surface area (Å²) in [5.74, 6) is -0.699. The molecule has 0 spiro atoms. The number of carboxylic acids is 1. The molecule has 0 amide bonds. The van der Waals surface area contributed by atoms with Crippen LogP contribution in [-0.2, 0) is 4.79 Å². The molecule has 0 atom stereocenters. The molecule has 0 aliphatic rings. The van der Waals surface area contributed by atoms with Crippen LogP contribution >= 0.6 is 11.8 Å². The Morgan fingerprint density at radius 1 is 1.62 bits per heavy atom. The Morgan fingerprint density at radius 2 is 2.44 bits per heavy atom. The number of nitrogens with one attached hydrogen (secondary N) is 1. The molecule has 2 rings (SSSR count). The SMILES string of the molecule is Cc1[nH]ncc1-c1nnc(SCC(=O)O)o1. The number of thioether (sulfide) groups is 1. The maximum atomic E-state index is 10.3. The van der Waals surface area contributed by atoms with Gasteiger partial charge < -0.3 is 9.52 Å². The van der Waals surface area contributed by atoms with Crippen LogP contribution in [0.4, 0.5) is 0 Å². The summed E-state index contributed by atoms with van der Waals surface area (Å²) in [4.78, 5) is 10.3.